The number of anilines is 2. The van der Waals surface area contributed by atoms with Gasteiger partial charge in [-0.2, -0.15) is 0 Å². The van der Waals surface area contributed by atoms with Gasteiger partial charge < -0.3 is 30.8 Å². The van der Waals surface area contributed by atoms with Gasteiger partial charge in [0.1, 0.15) is 30.3 Å². The number of amides is 1. The summed E-state index contributed by atoms with van der Waals surface area (Å²) in [5.74, 6) is 0.804. The van der Waals surface area contributed by atoms with E-state index in [-0.39, 0.29) is 11.6 Å². The van der Waals surface area contributed by atoms with Crippen molar-refractivity contribution in [3.63, 3.8) is 0 Å². The topological polar surface area (TPSA) is 104 Å². The van der Waals surface area contributed by atoms with Crippen molar-refractivity contribution in [2.75, 3.05) is 44.4 Å². The number of rotatable bonds is 12. The zero-order valence-corrected chi connectivity index (χ0v) is 21.9. The maximum Gasteiger partial charge on any atom is 0.231 e. The van der Waals surface area contributed by atoms with E-state index in [0.717, 1.165) is 5.92 Å². The molecule has 0 aromatic heterocycles. The van der Waals surface area contributed by atoms with E-state index in [1.807, 2.05) is 7.05 Å². The van der Waals surface area contributed by atoms with Crippen LogP contribution in [0.2, 0.25) is 0 Å². The van der Waals surface area contributed by atoms with E-state index in [1.165, 1.54) is 31.9 Å². The van der Waals surface area contributed by atoms with Gasteiger partial charge >= 0.3 is 0 Å². The minimum Gasteiger partial charge on any atom is -0.492 e. The molecule has 0 atom stereocenters. The third-order valence-corrected chi connectivity index (χ3v) is 5.68. The first-order valence-corrected chi connectivity index (χ1v) is 12.5. The van der Waals surface area contributed by atoms with Crippen LogP contribution < -0.4 is 36.4 Å². The number of aldehydes is 1. The molecule has 0 heterocycles. The Morgan fingerprint density at radius 1 is 1.14 bits per heavy atom. The lowest BCUT2D eigenvalue weighted by Crippen LogP contribution is -2.31. The molecule has 8 nitrogen and oxygen atoms in total. The third kappa shape index (κ3) is 10.1. The summed E-state index contributed by atoms with van der Waals surface area (Å²) in [6.07, 6.45) is 6.27. The maximum absolute atomic E-state index is 14.8. The molecule has 1 fully saturated rings. The molecule has 0 aliphatic heterocycles. The summed E-state index contributed by atoms with van der Waals surface area (Å²) >= 11 is 0. The van der Waals surface area contributed by atoms with Crippen LogP contribution in [0, 0.1) is 11.7 Å². The molecule has 0 spiro atoms. The Bertz CT molecular complexity index is 1150. The zero-order valence-electron chi connectivity index (χ0n) is 21.9. The van der Waals surface area contributed by atoms with Crippen molar-refractivity contribution < 1.29 is 18.7 Å². The summed E-state index contributed by atoms with van der Waals surface area (Å²) in [7, 11) is 3.83. The van der Waals surface area contributed by atoms with Crippen LogP contribution in [-0.2, 0) is 9.59 Å². The molecule has 1 aliphatic rings. The lowest BCUT2D eigenvalue weighted by molar-refractivity contribution is -0.119. The number of carbonyl (C=O) groups excluding carboxylic acids is 2. The smallest absolute Gasteiger partial charge is 0.231 e. The second-order valence-corrected chi connectivity index (χ2v) is 8.60. The lowest BCUT2D eigenvalue weighted by atomic mass is 9.86. The van der Waals surface area contributed by atoms with Crippen molar-refractivity contribution in [2.45, 2.75) is 32.6 Å². The van der Waals surface area contributed by atoms with Gasteiger partial charge in [-0.25, -0.2) is 9.38 Å². The third-order valence-electron chi connectivity index (χ3n) is 5.68. The van der Waals surface area contributed by atoms with Crippen LogP contribution in [0.25, 0.3) is 12.4 Å². The fraction of sp³-hybridized carbons (Fsp3) is 0.393. The van der Waals surface area contributed by atoms with Crippen LogP contribution in [-0.4, -0.2) is 52.2 Å². The zero-order chi connectivity index (χ0) is 27.0. The van der Waals surface area contributed by atoms with Gasteiger partial charge in [-0.3, -0.25) is 4.79 Å². The second-order valence-electron chi connectivity index (χ2n) is 8.60. The standard InChI is InChI=1S/C22H25FN4O3.C6H13N/c1-4-25-22(21-15(2)13-18(14-19(21)23)30-12-10-24-3)27-17-7-5-16(6-8-17)26-20(29)9-11-28;1-7-5-6-3-2-4-6/h4-8,11,13-14,24,27H,2,9-10,12H2,1,3H3,(H,26,29);6-7H,2-5H2,1H3/b22-21-,25-4-;. The Morgan fingerprint density at radius 3 is 2.30 bits per heavy atom. The number of aliphatic imine (C=N–C) groups is 1. The van der Waals surface area contributed by atoms with Crippen molar-refractivity contribution in [1.29, 1.82) is 0 Å². The number of ether oxygens (including phenoxy) is 1. The number of hydrogen-bond donors (Lipinski definition) is 4. The Morgan fingerprint density at radius 2 is 1.81 bits per heavy atom. The molecular weight excluding hydrogens is 473 g/mol. The van der Waals surface area contributed by atoms with Crippen LogP contribution in [0.1, 0.15) is 32.6 Å². The van der Waals surface area contributed by atoms with Crippen molar-refractivity contribution in [3.8, 4) is 5.75 Å². The molecule has 0 bridgehead atoms. The molecule has 1 amide bonds. The van der Waals surface area contributed by atoms with E-state index >= 15 is 0 Å². The highest BCUT2D eigenvalue weighted by molar-refractivity contribution is 5.98. The molecule has 4 N–H and O–H groups in total. The second kappa shape index (κ2) is 16.2. The monoisotopic (exact) mass is 511 g/mol. The fourth-order valence-corrected chi connectivity index (χ4v) is 3.59. The number of halogens is 1. The Kier molecular flexibility index (Phi) is 13.0. The Hall–Kier alpha value is -3.56. The van der Waals surface area contributed by atoms with Crippen molar-refractivity contribution >= 4 is 42.2 Å². The molecular formula is C28H38FN5O3. The van der Waals surface area contributed by atoms with Gasteiger partial charge in [-0.1, -0.05) is 13.0 Å². The molecule has 1 aliphatic carbocycles. The van der Waals surface area contributed by atoms with Gasteiger partial charge in [-0.05, 0) is 81.9 Å². The number of benzene rings is 2. The summed E-state index contributed by atoms with van der Waals surface area (Å²) in [6, 6.07) is 9.71. The normalized spacial score (nSPS) is 13.7. The van der Waals surface area contributed by atoms with Crippen molar-refractivity contribution in [1.82, 2.24) is 10.6 Å². The van der Waals surface area contributed by atoms with Crippen LogP contribution in [0.5, 0.6) is 5.75 Å². The maximum atomic E-state index is 14.8. The van der Waals surface area contributed by atoms with Crippen LogP contribution in [0.4, 0.5) is 15.8 Å². The Balaban J connectivity index is 0.000000591. The largest absolute Gasteiger partial charge is 0.492 e. The number of likely N-dealkylation sites (N-methyl/N-ethyl adjacent to an activating group) is 1. The van der Waals surface area contributed by atoms with Gasteiger partial charge in [0.25, 0.3) is 0 Å². The number of nitrogens with zero attached hydrogens (tertiary/aromatic N) is 1. The predicted molar refractivity (Wildman–Crippen MR) is 149 cm³/mol. The summed E-state index contributed by atoms with van der Waals surface area (Å²) in [6.45, 7) is 7.94. The molecule has 2 aromatic rings. The van der Waals surface area contributed by atoms with Gasteiger partial charge in [0, 0.05) is 30.2 Å². The average molecular weight is 512 g/mol. The van der Waals surface area contributed by atoms with E-state index in [2.05, 4.69) is 32.8 Å². The minimum absolute atomic E-state index is 0.205. The van der Waals surface area contributed by atoms with Crippen molar-refractivity contribution in [2.24, 2.45) is 10.9 Å². The average Bonchev–Trinajstić information content (AvgIpc) is 2.83. The molecule has 200 valence electrons. The van der Waals surface area contributed by atoms with E-state index in [9.17, 15) is 14.0 Å². The number of nitrogens with one attached hydrogen (secondary N) is 4. The van der Waals surface area contributed by atoms with Gasteiger partial charge in [0.2, 0.25) is 5.91 Å². The SMILES string of the molecule is C=c1cc(OCCNC)cc(F)/c1=C(/N=C\C)Nc1ccc(NC(=O)CC=O)cc1.CNCC1CCC1. The highest BCUT2D eigenvalue weighted by Crippen LogP contribution is 2.24. The molecule has 0 radical (unpaired) electrons. The molecule has 9 heteroatoms. The van der Waals surface area contributed by atoms with Crippen LogP contribution in [0.15, 0.2) is 41.4 Å². The highest BCUT2D eigenvalue weighted by atomic mass is 19.1. The van der Waals surface area contributed by atoms with E-state index < -0.39 is 11.7 Å². The first-order valence-electron chi connectivity index (χ1n) is 12.5. The van der Waals surface area contributed by atoms with Crippen LogP contribution >= 0.6 is 0 Å². The molecule has 3 rings (SSSR count). The predicted octanol–water partition coefficient (Wildman–Crippen LogP) is 2.64. The highest BCUT2D eigenvalue weighted by Gasteiger charge is 2.15. The molecule has 37 heavy (non-hydrogen) atoms. The van der Waals surface area contributed by atoms with E-state index in [4.69, 9.17) is 4.74 Å². The van der Waals surface area contributed by atoms with E-state index in [0.29, 0.717) is 47.6 Å². The van der Waals surface area contributed by atoms with Gasteiger partial charge in [-0.15, -0.1) is 0 Å². The van der Waals surface area contributed by atoms with Crippen LogP contribution in [0.3, 0.4) is 0 Å². The summed E-state index contributed by atoms with van der Waals surface area (Å²) in [4.78, 5) is 26.1. The van der Waals surface area contributed by atoms with Crippen molar-refractivity contribution in [3.05, 3.63) is 52.7 Å². The first-order chi connectivity index (χ1) is 17.9. The first kappa shape index (κ1) is 29.7. The molecule has 2 aromatic carbocycles. The van der Waals surface area contributed by atoms with Gasteiger partial charge in [0.05, 0.1) is 11.6 Å². The molecule has 1 saturated carbocycles. The lowest BCUT2D eigenvalue weighted by Gasteiger charge is -2.24. The van der Waals surface area contributed by atoms with Gasteiger partial charge in [0.15, 0.2) is 0 Å². The summed E-state index contributed by atoms with van der Waals surface area (Å²) in [5.41, 5.74) is 1.18. The molecule has 0 saturated heterocycles. The molecule has 0 unspecified atom stereocenters. The van der Waals surface area contributed by atoms with E-state index in [1.54, 1.807) is 50.5 Å². The quantitative estimate of drug-likeness (QED) is 0.151. The number of hydrogen-bond acceptors (Lipinski definition) is 7. The fourth-order valence-electron chi connectivity index (χ4n) is 3.59. The minimum atomic E-state index is -0.507. The summed E-state index contributed by atoms with van der Waals surface area (Å²) < 4.78 is 20.3. The Labute approximate surface area is 218 Å². The summed E-state index contributed by atoms with van der Waals surface area (Å²) in [5, 5.41) is 12.5. The number of carbonyl (C=O) groups is 2.